The van der Waals surface area contributed by atoms with Crippen LogP contribution in [0.3, 0.4) is 0 Å². The summed E-state index contributed by atoms with van der Waals surface area (Å²) in [5, 5.41) is 7.33. The lowest BCUT2D eigenvalue weighted by atomic mass is 10.1. The fraction of sp³-hybridized carbons (Fsp3) is 0.909. The summed E-state index contributed by atoms with van der Waals surface area (Å²) in [5.74, 6) is 0.496. The first-order valence-corrected chi connectivity index (χ1v) is 5.68. The van der Waals surface area contributed by atoms with Gasteiger partial charge in [-0.15, -0.1) is 0 Å². The van der Waals surface area contributed by atoms with Crippen LogP contribution in [0.1, 0.15) is 40.0 Å². The molecule has 0 aliphatic heterocycles. The van der Waals surface area contributed by atoms with Gasteiger partial charge in [0.1, 0.15) is 0 Å². The van der Waals surface area contributed by atoms with Crippen molar-refractivity contribution in [1.82, 2.24) is 4.90 Å². The minimum atomic E-state index is 0.191. The zero-order chi connectivity index (χ0) is 11.0. The molecule has 0 aromatic rings. The van der Waals surface area contributed by atoms with Crippen molar-refractivity contribution in [2.75, 3.05) is 19.6 Å². The zero-order valence-electron chi connectivity index (χ0n) is 9.84. The maximum atomic E-state index is 7.33. The summed E-state index contributed by atoms with van der Waals surface area (Å²) in [6.45, 7) is 9.52. The minimum Gasteiger partial charge on any atom is -0.387 e. The Morgan fingerprint density at radius 1 is 1.36 bits per heavy atom. The van der Waals surface area contributed by atoms with Crippen molar-refractivity contribution in [2.24, 2.45) is 11.7 Å². The van der Waals surface area contributed by atoms with Gasteiger partial charge in [0.15, 0.2) is 0 Å². The molecule has 1 unspecified atom stereocenters. The van der Waals surface area contributed by atoms with Gasteiger partial charge in [-0.1, -0.05) is 33.6 Å². The molecule has 84 valence electrons. The third-order valence-electron chi connectivity index (χ3n) is 2.59. The summed E-state index contributed by atoms with van der Waals surface area (Å²) in [5.41, 5.74) is 5.45. The topological polar surface area (TPSA) is 53.1 Å². The van der Waals surface area contributed by atoms with E-state index in [1.54, 1.807) is 0 Å². The molecule has 0 aromatic heterocycles. The fourth-order valence-corrected chi connectivity index (χ4v) is 1.45. The van der Waals surface area contributed by atoms with Crippen LogP contribution in [0.5, 0.6) is 0 Å². The van der Waals surface area contributed by atoms with Crippen LogP contribution in [0.4, 0.5) is 0 Å². The highest BCUT2D eigenvalue weighted by Gasteiger charge is 2.10. The third-order valence-corrected chi connectivity index (χ3v) is 2.59. The molecule has 3 heteroatoms. The van der Waals surface area contributed by atoms with Crippen molar-refractivity contribution in [2.45, 2.75) is 40.0 Å². The van der Waals surface area contributed by atoms with Crippen LogP contribution in [-0.4, -0.2) is 30.4 Å². The second-order valence-corrected chi connectivity index (χ2v) is 3.96. The van der Waals surface area contributed by atoms with Crippen LogP contribution in [0.15, 0.2) is 0 Å². The molecule has 0 spiro atoms. The van der Waals surface area contributed by atoms with Gasteiger partial charge in [-0.05, 0) is 19.5 Å². The van der Waals surface area contributed by atoms with Crippen LogP contribution in [0.2, 0.25) is 0 Å². The van der Waals surface area contributed by atoms with E-state index in [1.807, 2.05) is 6.92 Å². The van der Waals surface area contributed by atoms with Gasteiger partial charge in [0.25, 0.3) is 0 Å². The number of hydrogen-bond acceptors (Lipinski definition) is 2. The second kappa shape index (κ2) is 7.80. The summed E-state index contributed by atoms with van der Waals surface area (Å²) in [6, 6.07) is 0. The molecule has 0 fully saturated rings. The molecular formula is C11H25N3. The SMILES string of the molecule is CCCCCN(CC)CC(C)C(=N)N. The summed E-state index contributed by atoms with van der Waals surface area (Å²) >= 11 is 0. The van der Waals surface area contributed by atoms with E-state index < -0.39 is 0 Å². The summed E-state index contributed by atoms with van der Waals surface area (Å²) in [6.07, 6.45) is 3.82. The highest BCUT2D eigenvalue weighted by molar-refractivity contribution is 5.79. The molecule has 0 amide bonds. The summed E-state index contributed by atoms with van der Waals surface area (Å²) in [7, 11) is 0. The Morgan fingerprint density at radius 2 is 2.00 bits per heavy atom. The Morgan fingerprint density at radius 3 is 2.43 bits per heavy atom. The van der Waals surface area contributed by atoms with E-state index in [9.17, 15) is 0 Å². The maximum Gasteiger partial charge on any atom is 0.0947 e. The van der Waals surface area contributed by atoms with Crippen LogP contribution < -0.4 is 5.73 Å². The minimum absolute atomic E-state index is 0.191. The molecule has 0 bridgehead atoms. The molecule has 0 aliphatic carbocycles. The van der Waals surface area contributed by atoms with Crippen molar-refractivity contribution in [3.63, 3.8) is 0 Å². The Bertz CT molecular complexity index is 157. The van der Waals surface area contributed by atoms with E-state index >= 15 is 0 Å². The Labute approximate surface area is 88.2 Å². The van der Waals surface area contributed by atoms with Crippen LogP contribution in [0, 0.1) is 11.3 Å². The van der Waals surface area contributed by atoms with Gasteiger partial charge in [-0.3, -0.25) is 5.41 Å². The first kappa shape index (κ1) is 13.4. The first-order chi connectivity index (χ1) is 6.61. The van der Waals surface area contributed by atoms with E-state index in [2.05, 4.69) is 18.7 Å². The summed E-state index contributed by atoms with van der Waals surface area (Å²) < 4.78 is 0. The quantitative estimate of drug-likeness (QED) is 0.357. The Kier molecular flexibility index (Phi) is 7.48. The molecule has 0 heterocycles. The van der Waals surface area contributed by atoms with Crippen molar-refractivity contribution in [1.29, 1.82) is 5.41 Å². The fourth-order valence-electron chi connectivity index (χ4n) is 1.45. The second-order valence-electron chi connectivity index (χ2n) is 3.96. The largest absolute Gasteiger partial charge is 0.387 e. The molecule has 3 nitrogen and oxygen atoms in total. The number of rotatable bonds is 8. The number of nitrogens with two attached hydrogens (primary N) is 1. The van der Waals surface area contributed by atoms with Crippen molar-refractivity contribution in [3.05, 3.63) is 0 Å². The molecule has 0 saturated heterocycles. The van der Waals surface area contributed by atoms with Gasteiger partial charge in [0.05, 0.1) is 5.84 Å². The number of nitrogens with zero attached hydrogens (tertiary/aromatic N) is 1. The zero-order valence-corrected chi connectivity index (χ0v) is 9.84. The molecule has 0 saturated carbocycles. The van der Waals surface area contributed by atoms with Gasteiger partial charge in [0, 0.05) is 12.5 Å². The van der Waals surface area contributed by atoms with Crippen LogP contribution >= 0.6 is 0 Å². The van der Waals surface area contributed by atoms with Crippen LogP contribution in [0.25, 0.3) is 0 Å². The van der Waals surface area contributed by atoms with E-state index in [1.165, 1.54) is 19.3 Å². The molecule has 0 aliphatic rings. The molecule has 0 aromatic carbocycles. The highest BCUT2D eigenvalue weighted by Crippen LogP contribution is 2.02. The molecular weight excluding hydrogens is 174 g/mol. The average molecular weight is 199 g/mol. The molecule has 1 atom stereocenters. The van der Waals surface area contributed by atoms with Crippen molar-refractivity contribution in [3.8, 4) is 0 Å². The van der Waals surface area contributed by atoms with Crippen molar-refractivity contribution >= 4 is 5.84 Å². The maximum absolute atomic E-state index is 7.33. The first-order valence-electron chi connectivity index (χ1n) is 5.68. The standard InChI is InChI=1S/C11H25N3/c1-4-6-7-8-14(5-2)9-10(3)11(12)13/h10H,4-9H2,1-3H3,(H3,12,13). The van der Waals surface area contributed by atoms with Crippen LogP contribution in [-0.2, 0) is 0 Å². The molecule has 14 heavy (non-hydrogen) atoms. The smallest absolute Gasteiger partial charge is 0.0947 e. The molecule has 3 N–H and O–H groups in total. The third kappa shape index (κ3) is 5.97. The average Bonchev–Trinajstić information content (AvgIpc) is 2.16. The predicted molar refractivity (Wildman–Crippen MR) is 62.7 cm³/mol. The Hall–Kier alpha value is -0.570. The Balaban J connectivity index is 3.72. The van der Waals surface area contributed by atoms with E-state index in [-0.39, 0.29) is 5.92 Å². The van der Waals surface area contributed by atoms with Gasteiger partial charge in [0.2, 0.25) is 0 Å². The van der Waals surface area contributed by atoms with Crippen molar-refractivity contribution < 1.29 is 0 Å². The monoisotopic (exact) mass is 199 g/mol. The highest BCUT2D eigenvalue weighted by atomic mass is 15.1. The number of amidine groups is 1. The van der Waals surface area contributed by atoms with Gasteiger partial charge in [-0.25, -0.2) is 0 Å². The van der Waals surface area contributed by atoms with Gasteiger partial charge in [-0.2, -0.15) is 0 Å². The summed E-state index contributed by atoms with van der Waals surface area (Å²) in [4.78, 5) is 2.38. The lowest BCUT2D eigenvalue weighted by Gasteiger charge is -2.23. The number of hydrogen-bond donors (Lipinski definition) is 2. The predicted octanol–water partition coefficient (Wildman–Crippen LogP) is 2.07. The normalized spacial score (nSPS) is 13.1. The van der Waals surface area contributed by atoms with Gasteiger partial charge >= 0.3 is 0 Å². The molecule has 0 rings (SSSR count). The lowest BCUT2D eigenvalue weighted by Crippen LogP contribution is -2.35. The lowest BCUT2D eigenvalue weighted by molar-refractivity contribution is 0.265. The number of unbranched alkanes of at least 4 members (excludes halogenated alkanes) is 2. The molecule has 0 radical (unpaired) electrons. The van der Waals surface area contributed by atoms with E-state index in [4.69, 9.17) is 11.1 Å². The van der Waals surface area contributed by atoms with Gasteiger partial charge < -0.3 is 10.6 Å². The van der Waals surface area contributed by atoms with E-state index in [0.717, 1.165) is 19.6 Å². The van der Waals surface area contributed by atoms with E-state index in [0.29, 0.717) is 5.84 Å². The number of nitrogens with one attached hydrogen (secondary N) is 1.